The number of hydrogen-bond donors (Lipinski definition) is 2. The lowest BCUT2D eigenvalue weighted by Gasteiger charge is -2.22. The third kappa shape index (κ3) is 5.94. The van der Waals surface area contributed by atoms with Crippen LogP contribution in [0.1, 0.15) is 27.2 Å². The molecule has 0 aliphatic rings. The molecule has 0 aromatic carbocycles. The Kier molecular flexibility index (Phi) is 6.49. The molecule has 0 aromatic heterocycles. The van der Waals surface area contributed by atoms with Gasteiger partial charge in [0.05, 0.1) is 12.0 Å². The van der Waals surface area contributed by atoms with Crippen LogP contribution in [0.5, 0.6) is 0 Å². The highest BCUT2D eigenvalue weighted by molar-refractivity contribution is 5.69. The van der Waals surface area contributed by atoms with Gasteiger partial charge in [-0.2, -0.15) is 0 Å². The third-order valence-electron chi connectivity index (χ3n) is 2.26. The van der Waals surface area contributed by atoms with Crippen LogP contribution in [0.15, 0.2) is 0 Å². The van der Waals surface area contributed by atoms with E-state index in [0.29, 0.717) is 13.0 Å². The normalized spacial score (nSPS) is 15.5. The summed E-state index contributed by atoms with van der Waals surface area (Å²) in [7, 11) is 0. The van der Waals surface area contributed by atoms with E-state index in [1.165, 1.54) is 0 Å². The number of aliphatic hydroxyl groups is 1. The van der Waals surface area contributed by atoms with Crippen molar-refractivity contribution in [3.63, 3.8) is 0 Å². The number of carboxylic acids is 1. The minimum Gasteiger partial charge on any atom is -0.481 e. The lowest BCUT2D eigenvalue weighted by Crippen LogP contribution is -2.33. The Morgan fingerprint density at radius 3 is 2.36 bits per heavy atom. The van der Waals surface area contributed by atoms with Crippen molar-refractivity contribution in [1.82, 2.24) is 4.90 Å². The van der Waals surface area contributed by atoms with Crippen LogP contribution in [0, 0.1) is 5.92 Å². The van der Waals surface area contributed by atoms with Gasteiger partial charge in [0.2, 0.25) is 0 Å². The number of nitrogens with zero attached hydrogens (tertiary/aromatic N) is 1. The molecular weight excluding hydrogens is 182 g/mol. The molecule has 0 fully saturated rings. The van der Waals surface area contributed by atoms with Gasteiger partial charge in [-0.1, -0.05) is 13.8 Å². The van der Waals surface area contributed by atoms with Crippen molar-refractivity contribution in [3.8, 4) is 0 Å². The van der Waals surface area contributed by atoms with Crippen molar-refractivity contribution in [2.75, 3.05) is 19.6 Å². The molecule has 2 atom stereocenters. The second-order valence-corrected chi connectivity index (χ2v) is 3.77. The average Bonchev–Trinajstić information content (AvgIpc) is 2.11. The van der Waals surface area contributed by atoms with E-state index in [1.54, 1.807) is 13.8 Å². The summed E-state index contributed by atoms with van der Waals surface area (Å²) in [6, 6.07) is 0. The number of aliphatic carboxylic acids is 1. The summed E-state index contributed by atoms with van der Waals surface area (Å²) < 4.78 is 0. The van der Waals surface area contributed by atoms with Crippen molar-refractivity contribution in [3.05, 3.63) is 0 Å². The summed E-state index contributed by atoms with van der Waals surface area (Å²) in [6.45, 7) is 7.58. The predicted octanol–water partition coefficient (Wildman–Crippen LogP) is 0.800. The summed E-state index contributed by atoms with van der Waals surface area (Å²) in [5.41, 5.74) is 0. The Hall–Kier alpha value is -0.610. The van der Waals surface area contributed by atoms with E-state index in [4.69, 9.17) is 10.2 Å². The zero-order chi connectivity index (χ0) is 11.1. The lowest BCUT2D eigenvalue weighted by molar-refractivity contribution is -0.141. The largest absolute Gasteiger partial charge is 0.481 e. The molecule has 84 valence electrons. The van der Waals surface area contributed by atoms with E-state index in [2.05, 4.69) is 0 Å². The topological polar surface area (TPSA) is 60.8 Å². The molecule has 0 aliphatic heterocycles. The molecule has 0 rings (SSSR count). The van der Waals surface area contributed by atoms with Gasteiger partial charge in [0, 0.05) is 13.1 Å². The van der Waals surface area contributed by atoms with Gasteiger partial charge < -0.3 is 15.1 Å². The van der Waals surface area contributed by atoms with Crippen LogP contribution in [-0.2, 0) is 4.79 Å². The fourth-order valence-electron chi connectivity index (χ4n) is 1.21. The first-order valence-corrected chi connectivity index (χ1v) is 5.10. The molecule has 0 heterocycles. The van der Waals surface area contributed by atoms with Gasteiger partial charge in [0.1, 0.15) is 0 Å². The maximum absolute atomic E-state index is 10.6. The second-order valence-electron chi connectivity index (χ2n) is 3.77. The van der Waals surface area contributed by atoms with Crippen LogP contribution in [-0.4, -0.2) is 46.8 Å². The number of hydrogen-bond acceptors (Lipinski definition) is 3. The summed E-state index contributed by atoms with van der Waals surface area (Å²) in [5.74, 6) is -1.11. The molecule has 0 saturated carbocycles. The smallest absolute Gasteiger partial charge is 0.307 e. The van der Waals surface area contributed by atoms with Crippen molar-refractivity contribution in [2.45, 2.75) is 33.3 Å². The molecule has 0 amide bonds. The molecule has 4 heteroatoms. The Balaban J connectivity index is 3.84. The molecule has 14 heavy (non-hydrogen) atoms. The molecule has 0 aromatic rings. The molecule has 0 bridgehead atoms. The number of aliphatic hydroxyl groups excluding tert-OH is 1. The molecule has 0 radical (unpaired) electrons. The number of carboxylic acid groups (broad SMARTS) is 1. The van der Waals surface area contributed by atoms with E-state index < -0.39 is 5.97 Å². The highest BCUT2D eigenvalue weighted by Crippen LogP contribution is 2.02. The number of rotatable bonds is 7. The van der Waals surface area contributed by atoms with Crippen molar-refractivity contribution in [2.24, 2.45) is 5.92 Å². The summed E-state index contributed by atoms with van der Waals surface area (Å²) in [4.78, 5) is 12.7. The molecule has 2 N–H and O–H groups in total. The fourth-order valence-corrected chi connectivity index (χ4v) is 1.21. The Bertz CT molecular complexity index is 171. The van der Waals surface area contributed by atoms with E-state index in [0.717, 1.165) is 13.1 Å². The average molecular weight is 203 g/mol. The van der Waals surface area contributed by atoms with Crippen LogP contribution in [0.2, 0.25) is 0 Å². The monoisotopic (exact) mass is 203 g/mol. The van der Waals surface area contributed by atoms with Crippen LogP contribution in [0.4, 0.5) is 0 Å². The summed E-state index contributed by atoms with van der Waals surface area (Å²) in [6.07, 6.45) is 0.379. The standard InChI is InChI=1S/C10H21NO3/c1-4-11(6-5-9(3)12)7-8(2)10(13)14/h8-9,12H,4-7H2,1-3H3,(H,13,14). The second kappa shape index (κ2) is 6.79. The molecule has 0 spiro atoms. The minimum atomic E-state index is -0.763. The zero-order valence-electron chi connectivity index (χ0n) is 9.23. The maximum atomic E-state index is 10.6. The van der Waals surface area contributed by atoms with E-state index in [-0.39, 0.29) is 12.0 Å². The molecular formula is C10H21NO3. The van der Waals surface area contributed by atoms with Crippen molar-refractivity contribution < 1.29 is 15.0 Å². The first kappa shape index (κ1) is 13.4. The van der Waals surface area contributed by atoms with Crippen molar-refractivity contribution in [1.29, 1.82) is 0 Å². The van der Waals surface area contributed by atoms with Gasteiger partial charge >= 0.3 is 5.97 Å². The molecule has 0 aliphatic carbocycles. The quantitative estimate of drug-likeness (QED) is 0.642. The van der Waals surface area contributed by atoms with Crippen LogP contribution >= 0.6 is 0 Å². The number of carbonyl (C=O) groups is 1. The Labute approximate surface area is 85.5 Å². The van der Waals surface area contributed by atoms with Gasteiger partial charge in [0.25, 0.3) is 0 Å². The lowest BCUT2D eigenvalue weighted by atomic mass is 10.1. The van der Waals surface area contributed by atoms with Crippen molar-refractivity contribution >= 4 is 5.97 Å². The first-order valence-electron chi connectivity index (χ1n) is 5.10. The highest BCUT2D eigenvalue weighted by atomic mass is 16.4. The SMILES string of the molecule is CCN(CCC(C)O)CC(C)C(=O)O. The highest BCUT2D eigenvalue weighted by Gasteiger charge is 2.14. The molecule has 2 unspecified atom stereocenters. The fraction of sp³-hybridized carbons (Fsp3) is 0.900. The third-order valence-corrected chi connectivity index (χ3v) is 2.26. The zero-order valence-corrected chi connectivity index (χ0v) is 9.23. The van der Waals surface area contributed by atoms with E-state index in [1.807, 2.05) is 11.8 Å². The first-order chi connectivity index (χ1) is 6.47. The van der Waals surface area contributed by atoms with Gasteiger partial charge in [0.15, 0.2) is 0 Å². The minimum absolute atomic E-state index is 0.316. The van der Waals surface area contributed by atoms with Gasteiger partial charge in [-0.25, -0.2) is 0 Å². The van der Waals surface area contributed by atoms with Crippen LogP contribution < -0.4 is 0 Å². The van der Waals surface area contributed by atoms with Crippen LogP contribution in [0.3, 0.4) is 0 Å². The Morgan fingerprint density at radius 2 is 2.00 bits per heavy atom. The van der Waals surface area contributed by atoms with Gasteiger partial charge in [-0.15, -0.1) is 0 Å². The summed E-state index contributed by atoms with van der Waals surface area (Å²) in [5, 5.41) is 17.8. The van der Waals surface area contributed by atoms with E-state index >= 15 is 0 Å². The molecule has 0 saturated heterocycles. The van der Waals surface area contributed by atoms with Gasteiger partial charge in [-0.05, 0) is 19.9 Å². The maximum Gasteiger partial charge on any atom is 0.307 e. The van der Waals surface area contributed by atoms with Gasteiger partial charge in [-0.3, -0.25) is 4.79 Å². The summed E-state index contributed by atoms with van der Waals surface area (Å²) >= 11 is 0. The Morgan fingerprint density at radius 1 is 1.43 bits per heavy atom. The van der Waals surface area contributed by atoms with Crippen LogP contribution in [0.25, 0.3) is 0 Å². The van der Waals surface area contributed by atoms with E-state index in [9.17, 15) is 4.79 Å². The molecule has 4 nitrogen and oxygen atoms in total. The predicted molar refractivity (Wildman–Crippen MR) is 55.2 cm³/mol.